The highest BCUT2D eigenvalue weighted by atomic mass is 35.5. The van der Waals surface area contributed by atoms with Gasteiger partial charge < -0.3 is 10.1 Å². The van der Waals surface area contributed by atoms with Crippen LogP contribution in [0.3, 0.4) is 0 Å². The Morgan fingerprint density at radius 3 is 2.44 bits per heavy atom. The van der Waals surface area contributed by atoms with Gasteiger partial charge in [0, 0.05) is 5.02 Å². The molecule has 1 atom stereocenters. The van der Waals surface area contributed by atoms with Crippen LogP contribution in [0.25, 0.3) is 0 Å². The summed E-state index contributed by atoms with van der Waals surface area (Å²) in [5, 5.41) is 3.21. The normalized spacial score (nSPS) is 12.3. The number of sulfonamides is 1. The molecular weight excluding hydrogens is 388 g/mol. The Morgan fingerprint density at radius 1 is 1.22 bits per heavy atom. The summed E-state index contributed by atoms with van der Waals surface area (Å²) in [6, 6.07) is 13.5. The second-order valence-electron chi connectivity index (χ2n) is 6.04. The molecule has 1 amide bonds. The van der Waals surface area contributed by atoms with Crippen molar-refractivity contribution in [1.29, 1.82) is 0 Å². The molecule has 6 nitrogen and oxygen atoms in total. The summed E-state index contributed by atoms with van der Waals surface area (Å²) in [6.45, 7) is 3.99. The monoisotopic (exact) mass is 410 g/mol. The van der Waals surface area contributed by atoms with Crippen molar-refractivity contribution in [3.05, 3.63) is 59.1 Å². The van der Waals surface area contributed by atoms with E-state index in [-0.39, 0.29) is 12.6 Å². The maximum atomic E-state index is 12.4. The summed E-state index contributed by atoms with van der Waals surface area (Å²) in [7, 11) is -3.64. The first kappa shape index (κ1) is 21.1. The predicted molar refractivity (Wildman–Crippen MR) is 108 cm³/mol. The van der Waals surface area contributed by atoms with Gasteiger partial charge in [-0.3, -0.25) is 9.10 Å². The number of hydrogen-bond acceptors (Lipinski definition) is 4. The van der Waals surface area contributed by atoms with Crippen molar-refractivity contribution >= 4 is 33.2 Å². The first-order valence-electron chi connectivity index (χ1n) is 8.46. The minimum Gasteiger partial charge on any atom is -0.494 e. The van der Waals surface area contributed by atoms with Crippen LogP contribution < -0.4 is 14.4 Å². The van der Waals surface area contributed by atoms with Gasteiger partial charge in [0.15, 0.2) is 0 Å². The molecule has 0 bridgehead atoms. The number of hydrogen-bond donors (Lipinski definition) is 1. The van der Waals surface area contributed by atoms with Crippen molar-refractivity contribution in [2.24, 2.45) is 0 Å². The Kier molecular flexibility index (Phi) is 7.10. The Balaban J connectivity index is 2.09. The number of carbonyl (C=O) groups is 1. The zero-order valence-electron chi connectivity index (χ0n) is 15.5. The Morgan fingerprint density at radius 2 is 1.89 bits per heavy atom. The lowest BCUT2D eigenvalue weighted by atomic mass is 10.1. The maximum Gasteiger partial charge on any atom is 0.241 e. The van der Waals surface area contributed by atoms with E-state index in [1.165, 1.54) is 6.07 Å². The van der Waals surface area contributed by atoms with Crippen molar-refractivity contribution in [3.63, 3.8) is 0 Å². The quantitative estimate of drug-likeness (QED) is 0.723. The van der Waals surface area contributed by atoms with Crippen LogP contribution in [0, 0.1) is 0 Å². The van der Waals surface area contributed by atoms with Crippen molar-refractivity contribution in [2.45, 2.75) is 19.9 Å². The second-order valence-corrected chi connectivity index (χ2v) is 8.38. The molecule has 0 aliphatic carbocycles. The molecule has 0 aliphatic heterocycles. The molecule has 0 unspecified atom stereocenters. The van der Waals surface area contributed by atoms with Crippen LogP contribution in [0.15, 0.2) is 48.5 Å². The van der Waals surface area contributed by atoms with Crippen LogP contribution in [0.5, 0.6) is 5.75 Å². The number of nitrogens with one attached hydrogen (secondary N) is 1. The summed E-state index contributed by atoms with van der Waals surface area (Å²) in [4.78, 5) is 12.4. The van der Waals surface area contributed by atoms with E-state index in [4.69, 9.17) is 16.3 Å². The lowest BCUT2D eigenvalue weighted by molar-refractivity contribution is -0.120. The number of anilines is 1. The predicted octanol–water partition coefficient (Wildman–Crippen LogP) is 3.38. The van der Waals surface area contributed by atoms with E-state index in [2.05, 4.69) is 5.32 Å². The molecule has 0 spiro atoms. The number of carbonyl (C=O) groups excluding carboxylic acids is 1. The van der Waals surface area contributed by atoms with Crippen molar-refractivity contribution in [2.75, 3.05) is 23.7 Å². The van der Waals surface area contributed by atoms with Gasteiger partial charge in [-0.05, 0) is 49.7 Å². The maximum absolute atomic E-state index is 12.4. The fourth-order valence-corrected chi connectivity index (χ4v) is 3.58. The third-order valence-electron chi connectivity index (χ3n) is 3.85. The van der Waals surface area contributed by atoms with Gasteiger partial charge >= 0.3 is 0 Å². The van der Waals surface area contributed by atoms with Crippen molar-refractivity contribution in [3.8, 4) is 5.75 Å². The number of halogens is 1. The Labute approximate surface area is 165 Å². The molecule has 2 rings (SSSR count). The zero-order valence-corrected chi connectivity index (χ0v) is 17.0. The number of amides is 1. The summed E-state index contributed by atoms with van der Waals surface area (Å²) < 4.78 is 30.7. The molecule has 0 fully saturated rings. The van der Waals surface area contributed by atoms with E-state index in [1.54, 1.807) is 18.2 Å². The lowest BCUT2D eigenvalue weighted by Gasteiger charge is -2.23. The first-order valence-corrected chi connectivity index (χ1v) is 10.7. The van der Waals surface area contributed by atoms with E-state index < -0.39 is 15.9 Å². The fourth-order valence-electron chi connectivity index (χ4n) is 2.55. The van der Waals surface area contributed by atoms with Gasteiger partial charge in [-0.1, -0.05) is 29.8 Å². The van der Waals surface area contributed by atoms with Gasteiger partial charge in [0.1, 0.15) is 12.3 Å². The molecule has 8 heteroatoms. The van der Waals surface area contributed by atoms with Crippen molar-refractivity contribution < 1.29 is 17.9 Å². The third-order valence-corrected chi connectivity index (χ3v) is 5.23. The van der Waals surface area contributed by atoms with E-state index >= 15 is 0 Å². The SMILES string of the molecule is CCOc1ccc([C@H](C)NC(=O)CN(c2cccc(Cl)c2)S(C)(=O)=O)cc1. The summed E-state index contributed by atoms with van der Waals surface area (Å²) in [5.74, 6) is 0.339. The molecule has 0 heterocycles. The average Bonchev–Trinajstić information content (AvgIpc) is 2.59. The minimum atomic E-state index is -3.64. The number of rotatable bonds is 8. The highest BCUT2D eigenvalue weighted by molar-refractivity contribution is 7.92. The number of nitrogens with zero attached hydrogens (tertiary/aromatic N) is 1. The van der Waals surface area contributed by atoms with Crippen LogP contribution in [-0.4, -0.2) is 33.7 Å². The standard InChI is InChI=1S/C19H23ClN2O4S/c1-4-26-18-10-8-15(9-11-18)14(2)21-19(23)13-22(27(3,24)25)17-7-5-6-16(20)12-17/h5-12,14H,4,13H2,1-3H3,(H,21,23)/t14-/m0/s1. The molecule has 1 N–H and O–H groups in total. The number of ether oxygens (including phenoxy) is 1. The summed E-state index contributed by atoms with van der Waals surface area (Å²) in [6.07, 6.45) is 1.05. The highest BCUT2D eigenvalue weighted by Crippen LogP contribution is 2.22. The topological polar surface area (TPSA) is 75.7 Å². The van der Waals surface area contributed by atoms with Crippen LogP contribution in [0.2, 0.25) is 5.02 Å². The molecule has 2 aromatic carbocycles. The second kappa shape index (κ2) is 9.10. The lowest BCUT2D eigenvalue weighted by Crippen LogP contribution is -2.41. The summed E-state index contributed by atoms with van der Waals surface area (Å²) in [5.41, 5.74) is 1.23. The largest absolute Gasteiger partial charge is 0.494 e. The molecule has 0 aromatic heterocycles. The molecule has 27 heavy (non-hydrogen) atoms. The number of benzene rings is 2. The smallest absolute Gasteiger partial charge is 0.241 e. The van der Waals surface area contributed by atoms with Crippen LogP contribution in [0.4, 0.5) is 5.69 Å². The minimum absolute atomic E-state index is 0.283. The molecule has 2 aromatic rings. The molecular formula is C19H23ClN2O4S. The van der Waals surface area contributed by atoms with Gasteiger partial charge in [0.25, 0.3) is 0 Å². The van der Waals surface area contributed by atoms with Gasteiger partial charge in [-0.2, -0.15) is 0 Å². The fraction of sp³-hybridized carbons (Fsp3) is 0.316. The third kappa shape index (κ3) is 6.15. The van der Waals surface area contributed by atoms with Crippen molar-refractivity contribution in [1.82, 2.24) is 5.32 Å². The average molecular weight is 411 g/mol. The summed E-state index contributed by atoms with van der Waals surface area (Å²) >= 11 is 5.94. The van der Waals surface area contributed by atoms with E-state index in [1.807, 2.05) is 38.1 Å². The first-order chi connectivity index (χ1) is 12.7. The van der Waals surface area contributed by atoms with Crippen LogP contribution >= 0.6 is 11.6 Å². The van der Waals surface area contributed by atoms with E-state index in [9.17, 15) is 13.2 Å². The Bertz CT molecular complexity index is 885. The van der Waals surface area contributed by atoms with Gasteiger partial charge in [0.2, 0.25) is 15.9 Å². The molecule has 0 saturated heterocycles. The zero-order chi connectivity index (χ0) is 20.0. The van der Waals surface area contributed by atoms with Crippen LogP contribution in [-0.2, 0) is 14.8 Å². The highest BCUT2D eigenvalue weighted by Gasteiger charge is 2.22. The molecule has 0 saturated carbocycles. The Hall–Kier alpha value is -2.25. The molecule has 0 radical (unpaired) electrons. The van der Waals surface area contributed by atoms with E-state index in [0.717, 1.165) is 21.9 Å². The van der Waals surface area contributed by atoms with Crippen LogP contribution in [0.1, 0.15) is 25.5 Å². The van der Waals surface area contributed by atoms with Gasteiger partial charge in [0.05, 0.1) is 24.6 Å². The van der Waals surface area contributed by atoms with Gasteiger partial charge in [-0.25, -0.2) is 8.42 Å². The molecule has 146 valence electrons. The van der Waals surface area contributed by atoms with Gasteiger partial charge in [-0.15, -0.1) is 0 Å². The molecule has 0 aliphatic rings. The van der Waals surface area contributed by atoms with E-state index in [0.29, 0.717) is 17.3 Å².